The average Bonchev–Trinajstić information content (AvgIpc) is 2.40. The lowest BCUT2D eigenvalue weighted by Gasteiger charge is -2.19. The van der Waals surface area contributed by atoms with Gasteiger partial charge in [0, 0.05) is 13.6 Å². The number of carbonyl (C=O) groups is 2. The topological polar surface area (TPSA) is 99.1 Å². The van der Waals surface area contributed by atoms with Crippen LogP contribution < -0.4 is 5.32 Å². The Hall–Kier alpha value is -2.28. The molecule has 0 saturated carbocycles. The second-order valence-electron chi connectivity index (χ2n) is 4.81. The molecule has 0 spiro atoms. The predicted molar refractivity (Wildman–Crippen MR) is 77.8 cm³/mol. The molecule has 1 aromatic rings. The highest BCUT2D eigenvalue weighted by Crippen LogP contribution is 2.24. The SMILES string of the molecule is CC(C)OCCN(C)C(=O)Nc1ccc(C(=O)O)cc1O. The summed E-state index contributed by atoms with van der Waals surface area (Å²) in [5.41, 5.74) is 0.103. The number of carboxylic acid groups (broad SMARTS) is 1. The molecule has 0 saturated heterocycles. The molecule has 1 aromatic carbocycles. The summed E-state index contributed by atoms with van der Waals surface area (Å²) in [6.45, 7) is 4.62. The number of urea groups is 1. The van der Waals surface area contributed by atoms with Crippen LogP contribution in [0.25, 0.3) is 0 Å². The number of likely N-dealkylation sites (N-methyl/N-ethyl adjacent to an activating group) is 1. The van der Waals surface area contributed by atoms with Crippen molar-refractivity contribution in [1.82, 2.24) is 4.90 Å². The van der Waals surface area contributed by atoms with Crippen LogP contribution in [0.5, 0.6) is 5.75 Å². The number of hydrogen-bond donors (Lipinski definition) is 3. The number of rotatable bonds is 6. The molecule has 7 heteroatoms. The van der Waals surface area contributed by atoms with Crippen LogP contribution in [0.2, 0.25) is 0 Å². The number of anilines is 1. The Balaban J connectivity index is 2.60. The minimum atomic E-state index is -1.15. The predicted octanol–water partition coefficient (Wildman–Crippen LogP) is 1.98. The Morgan fingerprint density at radius 2 is 2.05 bits per heavy atom. The largest absolute Gasteiger partial charge is 0.506 e. The summed E-state index contributed by atoms with van der Waals surface area (Å²) in [6, 6.07) is 3.31. The first-order valence-corrected chi connectivity index (χ1v) is 6.51. The van der Waals surface area contributed by atoms with E-state index in [0.29, 0.717) is 13.2 Å². The van der Waals surface area contributed by atoms with Crippen molar-refractivity contribution in [3.63, 3.8) is 0 Å². The van der Waals surface area contributed by atoms with Crippen LogP contribution in [0, 0.1) is 0 Å². The Kier molecular flexibility index (Phi) is 5.98. The Labute approximate surface area is 123 Å². The molecule has 0 fully saturated rings. The number of ether oxygens (including phenoxy) is 1. The molecule has 116 valence electrons. The van der Waals surface area contributed by atoms with Crippen LogP contribution in [-0.4, -0.2) is 53.4 Å². The first-order chi connectivity index (χ1) is 9.81. The lowest BCUT2D eigenvalue weighted by molar-refractivity contribution is 0.0689. The van der Waals surface area contributed by atoms with Gasteiger partial charge in [-0.3, -0.25) is 0 Å². The van der Waals surface area contributed by atoms with E-state index in [2.05, 4.69) is 5.32 Å². The summed E-state index contributed by atoms with van der Waals surface area (Å²) >= 11 is 0. The molecule has 0 aliphatic rings. The standard InChI is InChI=1S/C14H20N2O5/c1-9(2)21-7-6-16(3)14(20)15-11-5-4-10(13(18)19)8-12(11)17/h4-5,8-9,17H,6-7H2,1-3H3,(H,15,20)(H,18,19). The number of nitrogens with one attached hydrogen (secondary N) is 1. The van der Waals surface area contributed by atoms with Crippen molar-refractivity contribution in [3.05, 3.63) is 23.8 Å². The summed E-state index contributed by atoms with van der Waals surface area (Å²) in [7, 11) is 1.60. The van der Waals surface area contributed by atoms with E-state index in [4.69, 9.17) is 9.84 Å². The van der Waals surface area contributed by atoms with Gasteiger partial charge in [0.15, 0.2) is 0 Å². The number of amides is 2. The van der Waals surface area contributed by atoms with E-state index in [1.807, 2.05) is 13.8 Å². The van der Waals surface area contributed by atoms with Crippen molar-refractivity contribution in [1.29, 1.82) is 0 Å². The molecule has 0 unspecified atom stereocenters. The molecule has 7 nitrogen and oxygen atoms in total. The number of nitrogens with zero attached hydrogens (tertiary/aromatic N) is 1. The van der Waals surface area contributed by atoms with Crippen LogP contribution in [0.4, 0.5) is 10.5 Å². The van der Waals surface area contributed by atoms with Crippen molar-refractivity contribution in [2.75, 3.05) is 25.5 Å². The smallest absolute Gasteiger partial charge is 0.335 e. The maximum Gasteiger partial charge on any atom is 0.335 e. The van der Waals surface area contributed by atoms with Gasteiger partial charge in [0.2, 0.25) is 0 Å². The summed E-state index contributed by atoms with van der Waals surface area (Å²) in [5.74, 6) is -1.44. The van der Waals surface area contributed by atoms with Crippen molar-refractivity contribution in [3.8, 4) is 5.75 Å². The molecule has 2 amide bonds. The normalized spacial score (nSPS) is 10.5. The quantitative estimate of drug-likeness (QED) is 0.697. The fourth-order valence-corrected chi connectivity index (χ4v) is 1.51. The Bertz CT molecular complexity index is 516. The fraction of sp³-hybridized carbons (Fsp3) is 0.429. The zero-order valence-electron chi connectivity index (χ0n) is 12.3. The van der Waals surface area contributed by atoms with E-state index in [1.54, 1.807) is 7.05 Å². The second-order valence-corrected chi connectivity index (χ2v) is 4.81. The lowest BCUT2D eigenvalue weighted by atomic mass is 10.2. The van der Waals surface area contributed by atoms with E-state index in [9.17, 15) is 14.7 Å². The molecule has 0 atom stereocenters. The van der Waals surface area contributed by atoms with Gasteiger partial charge >= 0.3 is 12.0 Å². The van der Waals surface area contributed by atoms with E-state index < -0.39 is 12.0 Å². The van der Waals surface area contributed by atoms with Gasteiger partial charge in [0.25, 0.3) is 0 Å². The van der Waals surface area contributed by atoms with Gasteiger partial charge in [-0.05, 0) is 32.0 Å². The first kappa shape index (κ1) is 16.8. The monoisotopic (exact) mass is 296 g/mol. The Morgan fingerprint density at radius 3 is 2.57 bits per heavy atom. The van der Waals surface area contributed by atoms with Gasteiger partial charge < -0.3 is 25.2 Å². The van der Waals surface area contributed by atoms with E-state index in [1.165, 1.54) is 17.0 Å². The van der Waals surface area contributed by atoms with Crippen molar-refractivity contribution < 1.29 is 24.5 Å². The zero-order valence-corrected chi connectivity index (χ0v) is 12.3. The molecule has 0 aliphatic heterocycles. The maximum atomic E-state index is 11.9. The van der Waals surface area contributed by atoms with Gasteiger partial charge in [0.05, 0.1) is 24.0 Å². The number of carboxylic acids is 1. The highest BCUT2D eigenvalue weighted by atomic mass is 16.5. The van der Waals surface area contributed by atoms with Gasteiger partial charge in [-0.15, -0.1) is 0 Å². The van der Waals surface area contributed by atoms with E-state index >= 15 is 0 Å². The number of benzene rings is 1. The minimum absolute atomic E-state index is 0.0517. The van der Waals surface area contributed by atoms with Gasteiger partial charge in [-0.2, -0.15) is 0 Å². The first-order valence-electron chi connectivity index (χ1n) is 6.51. The molecule has 0 heterocycles. The molecule has 0 radical (unpaired) electrons. The summed E-state index contributed by atoms with van der Waals surface area (Å²) in [4.78, 5) is 24.0. The van der Waals surface area contributed by atoms with Crippen molar-refractivity contribution in [2.24, 2.45) is 0 Å². The summed E-state index contributed by atoms with van der Waals surface area (Å²) in [5, 5.41) is 21.0. The third kappa shape index (κ3) is 5.31. The molecule has 21 heavy (non-hydrogen) atoms. The number of phenols is 1. The van der Waals surface area contributed by atoms with E-state index in [-0.39, 0.29) is 23.1 Å². The maximum absolute atomic E-state index is 11.9. The van der Waals surface area contributed by atoms with Crippen molar-refractivity contribution >= 4 is 17.7 Å². The van der Waals surface area contributed by atoms with Crippen LogP contribution in [-0.2, 0) is 4.74 Å². The highest BCUT2D eigenvalue weighted by molar-refractivity contribution is 5.93. The molecular weight excluding hydrogens is 276 g/mol. The van der Waals surface area contributed by atoms with Crippen LogP contribution in [0.15, 0.2) is 18.2 Å². The summed E-state index contributed by atoms with van der Waals surface area (Å²) < 4.78 is 5.34. The molecule has 1 rings (SSSR count). The third-order valence-corrected chi connectivity index (χ3v) is 2.71. The number of hydrogen-bond acceptors (Lipinski definition) is 4. The fourth-order valence-electron chi connectivity index (χ4n) is 1.51. The average molecular weight is 296 g/mol. The van der Waals surface area contributed by atoms with Gasteiger partial charge in [-0.25, -0.2) is 9.59 Å². The van der Waals surface area contributed by atoms with Crippen LogP contribution in [0.1, 0.15) is 24.2 Å². The lowest BCUT2D eigenvalue weighted by Crippen LogP contribution is -2.34. The minimum Gasteiger partial charge on any atom is -0.506 e. The number of aromatic hydroxyl groups is 1. The zero-order chi connectivity index (χ0) is 16.0. The number of carbonyl (C=O) groups excluding carboxylic acids is 1. The molecule has 0 bridgehead atoms. The summed E-state index contributed by atoms with van der Waals surface area (Å²) in [6.07, 6.45) is 0.0917. The van der Waals surface area contributed by atoms with E-state index in [0.717, 1.165) is 6.07 Å². The van der Waals surface area contributed by atoms with Crippen LogP contribution in [0.3, 0.4) is 0 Å². The third-order valence-electron chi connectivity index (χ3n) is 2.71. The number of aromatic carboxylic acids is 1. The Morgan fingerprint density at radius 1 is 1.38 bits per heavy atom. The van der Waals surface area contributed by atoms with Crippen molar-refractivity contribution in [2.45, 2.75) is 20.0 Å². The molecule has 0 aromatic heterocycles. The second kappa shape index (κ2) is 7.49. The molecule has 3 N–H and O–H groups in total. The van der Waals surface area contributed by atoms with Crippen LogP contribution >= 0.6 is 0 Å². The highest BCUT2D eigenvalue weighted by Gasteiger charge is 2.13. The molecule has 0 aliphatic carbocycles. The van der Waals surface area contributed by atoms with Gasteiger partial charge in [0.1, 0.15) is 5.75 Å². The van der Waals surface area contributed by atoms with Gasteiger partial charge in [-0.1, -0.05) is 0 Å². The molecular formula is C14H20N2O5. The number of phenolic OH excluding ortho intramolecular Hbond substituents is 1.